The molecule has 0 amide bonds. The molecule has 0 aliphatic heterocycles. The molecule has 3 rings (SSSR count). The van der Waals surface area contributed by atoms with Gasteiger partial charge in [-0.3, -0.25) is 9.59 Å². The summed E-state index contributed by atoms with van der Waals surface area (Å²) < 4.78 is 5.81. The van der Waals surface area contributed by atoms with E-state index in [1.54, 1.807) is 6.08 Å². The Hall–Kier alpha value is -0.810. The molecular weight excluding hydrogens is 348 g/mol. The maximum atomic E-state index is 13.0. The molecule has 7 atom stereocenters. The number of carbonyl (C=O) groups excluding carboxylic acids is 2. The number of carbonyl (C=O) groups is 2. The molecule has 0 radical (unpaired) electrons. The largest absolute Gasteiger partial charge is 0.461 e. The summed E-state index contributed by atoms with van der Waals surface area (Å²) in [5.74, 6) is -0.0203. The van der Waals surface area contributed by atoms with E-state index in [-0.39, 0.29) is 46.4 Å². The summed E-state index contributed by atoms with van der Waals surface area (Å²) in [4.78, 5) is 25.0. The highest BCUT2D eigenvalue weighted by atomic mass is 32.1. The monoisotopic (exact) mass is 380 g/mol. The number of hydrogen-bond acceptors (Lipinski definition) is 5. The van der Waals surface area contributed by atoms with E-state index in [0.717, 1.165) is 12.8 Å². The van der Waals surface area contributed by atoms with Gasteiger partial charge in [0.05, 0.1) is 11.9 Å². The minimum absolute atomic E-state index is 0.0164. The van der Waals surface area contributed by atoms with Crippen LogP contribution in [0.15, 0.2) is 12.7 Å². The van der Waals surface area contributed by atoms with E-state index in [9.17, 15) is 14.7 Å². The molecule has 0 heterocycles. The summed E-state index contributed by atoms with van der Waals surface area (Å²) in [7, 11) is 0. The average Bonchev–Trinajstić information content (AvgIpc) is 3.16. The van der Waals surface area contributed by atoms with Crippen molar-refractivity contribution in [2.75, 3.05) is 5.75 Å². The minimum Gasteiger partial charge on any atom is -0.461 e. The maximum Gasteiger partial charge on any atom is 0.315 e. The highest BCUT2D eigenvalue weighted by Gasteiger charge is 2.86. The van der Waals surface area contributed by atoms with Crippen molar-refractivity contribution in [2.24, 2.45) is 34.0 Å². The summed E-state index contributed by atoms with van der Waals surface area (Å²) >= 11 is 4.04. The molecule has 3 aliphatic carbocycles. The van der Waals surface area contributed by atoms with Gasteiger partial charge >= 0.3 is 5.97 Å². The van der Waals surface area contributed by atoms with Crippen molar-refractivity contribution >= 4 is 24.4 Å². The lowest BCUT2D eigenvalue weighted by Crippen LogP contribution is -2.46. The number of aliphatic hydroxyl groups excluding tert-OH is 1. The Morgan fingerprint density at radius 2 is 2.12 bits per heavy atom. The molecule has 146 valence electrons. The van der Waals surface area contributed by atoms with Crippen molar-refractivity contribution in [3.63, 3.8) is 0 Å². The van der Waals surface area contributed by atoms with Gasteiger partial charge in [-0.2, -0.15) is 12.6 Å². The number of ketones is 1. The molecule has 0 aromatic carbocycles. The van der Waals surface area contributed by atoms with E-state index in [1.807, 2.05) is 0 Å². The third-order valence-corrected chi connectivity index (χ3v) is 8.36. The summed E-state index contributed by atoms with van der Waals surface area (Å²) in [5, 5.41) is 11.1. The highest BCUT2D eigenvalue weighted by Crippen LogP contribution is 2.85. The Bertz CT molecular complexity index is 630. The van der Waals surface area contributed by atoms with Crippen LogP contribution >= 0.6 is 12.6 Å². The van der Waals surface area contributed by atoms with Crippen LogP contribution < -0.4 is 0 Å². The van der Waals surface area contributed by atoms with E-state index >= 15 is 0 Å². The summed E-state index contributed by atoms with van der Waals surface area (Å²) in [6.07, 6.45) is 3.56. The van der Waals surface area contributed by atoms with E-state index in [0.29, 0.717) is 18.6 Å². The molecule has 0 aromatic heterocycles. The van der Waals surface area contributed by atoms with Gasteiger partial charge < -0.3 is 9.84 Å². The van der Waals surface area contributed by atoms with Crippen LogP contribution in [-0.2, 0) is 14.3 Å². The fourth-order valence-electron chi connectivity index (χ4n) is 7.07. The molecule has 0 saturated heterocycles. The standard InChI is InChI=1S/C21H32O4S/c1-6-13-10-15(25-16(23)11-26)19(4,5)18-20(7-2)14(22)8-9-21(18,20)12(3)17(13)24/h6,12-13,15,17-18,24,26H,1,7-11H2,2-5H3/t12-,13?,15?,17?,18+,20?,21?/m0/s1. The van der Waals surface area contributed by atoms with Gasteiger partial charge in [-0.25, -0.2) is 0 Å². The molecular formula is C21H32O4S. The predicted molar refractivity (Wildman–Crippen MR) is 104 cm³/mol. The van der Waals surface area contributed by atoms with Gasteiger partial charge in [0.25, 0.3) is 0 Å². The van der Waals surface area contributed by atoms with Crippen LogP contribution in [0.2, 0.25) is 0 Å². The van der Waals surface area contributed by atoms with Gasteiger partial charge in [0, 0.05) is 23.2 Å². The Morgan fingerprint density at radius 3 is 2.65 bits per heavy atom. The lowest BCUT2D eigenvalue weighted by Gasteiger charge is -2.44. The molecule has 0 aromatic rings. The second-order valence-corrected chi connectivity index (χ2v) is 9.41. The first kappa shape index (κ1) is 19.9. The molecule has 3 aliphatic rings. The lowest BCUT2D eigenvalue weighted by atomic mass is 9.65. The molecule has 3 fully saturated rings. The number of esters is 1. The van der Waals surface area contributed by atoms with Gasteiger partial charge in [-0.05, 0) is 36.5 Å². The van der Waals surface area contributed by atoms with Crippen molar-refractivity contribution in [3.05, 3.63) is 12.7 Å². The van der Waals surface area contributed by atoms with Crippen LogP contribution in [0.4, 0.5) is 0 Å². The van der Waals surface area contributed by atoms with Gasteiger partial charge in [-0.15, -0.1) is 6.58 Å². The van der Waals surface area contributed by atoms with E-state index < -0.39 is 11.5 Å². The second-order valence-electron chi connectivity index (χ2n) is 9.09. The first-order chi connectivity index (χ1) is 12.1. The number of hydrogen-bond donors (Lipinski definition) is 2. The van der Waals surface area contributed by atoms with Crippen LogP contribution in [0.1, 0.15) is 53.4 Å². The third-order valence-electron chi connectivity index (χ3n) is 8.11. The van der Waals surface area contributed by atoms with Crippen molar-refractivity contribution < 1.29 is 19.4 Å². The zero-order valence-corrected chi connectivity index (χ0v) is 17.2. The Kier molecular flexibility index (Phi) is 4.88. The smallest absolute Gasteiger partial charge is 0.315 e. The second kappa shape index (κ2) is 6.37. The number of ether oxygens (including phenoxy) is 1. The van der Waals surface area contributed by atoms with Crippen molar-refractivity contribution in [1.82, 2.24) is 0 Å². The Balaban J connectivity index is 2.11. The zero-order valence-electron chi connectivity index (χ0n) is 16.3. The fourth-order valence-corrected chi connectivity index (χ4v) is 7.14. The van der Waals surface area contributed by atoms with Crippen LogP contribution in [-0.4, -0.2) is 34.8 Å². The highest BCUT2D eigenvalue weighted by molar-refractivity contribution is 7.81. The van der Waals surface area contributed by atoms with Gasteiger partial charge in [0.1, 0.15) is 11.9 Å². The molecule has 5 unspecified atom stereocenters. The topological polar surface area (TPSA) is 63.6 Å². The van der Waals surface area contributed by atoms with Crippen molar-refractivity contribution in [2.45, 2.75) is 65.6 Å². The Labute approximate surface area is 162 Å². The van der Waals surface area contributed by atoms with Gasteiger partial charge in [0.15, 0.2) is 0 Å². The minimum atomic E-state index is -0.581. The van der Waals surface area contributed by atoms with Crippen LogP contribution in [0.5, 0.6) is 0 Å². The predicted octanol–water partition coefficient (Wildman–Crippen LogP) is 3.43. The molecule has 26 heavy (non-hydrogen) atoms. The summed E-state index contributed by atoms with van der Waals surface area (Å²) in [6.45, 7) is 12.4. The normalized spacial score (nSPS) is 46.5. The fraction of sp³-hybridized carbons (Fsp3) is 0.810. The van der Waals surface area contributed by atoms with Crippen molar-refractivity contribution in [1.29, 1.82) is 0 Å². The maximum absolute atomic E-state index is 13.0. The number of thiol groups is 1. The molecule has 0 bridgehead atoms. The number of aliphatic hydroxyl groups is 1. The van der Waals surface area contributed by atoms with Crippen LogP contribution in [0.25, 0.3) is 0 Å². The number of rotatable bonds is 4. The quantitative estimate of drug-likeness (QED) is 0.446. The third kappa shape index (κ3) is 2.25. The molecule has 3 saturated carbocycles. The van der Waals surface area contributed by atoms with Crippen molar-refractivity contribution in [3.8, 4) is 0 Å². The van der Waals surface area contributed by atoms with Gasteiger partial charge in [-0.1, -0.05) is 33.8 Å². The molecule has 1 N–H and O–H groups in total. The summed E-state index contributed by atoms with van der Waals surface area (Å²) in [6, 6.07) is 0. The summed E-state index contributed by atoms with van der Waals surface area (Å²) in [5.41, 5.74) is -0.937. The molecule has 5 heteroatoms. The van der Waals surface area contributed by atoms with E-state index in [2.05, 4.69) is 46.9 Å². The van der Waals surface area contributed by atoms with E-state index in [4.69, 9.17) is 4.74 Å². The van der Waals surface area contributed by atoms with Gasteiger partial charge in [0.2, 0.25) is 0 Å². The van der Waals surface area contributed by atoms with Crippen LogP contribution in [0, 0.1) is 34.0 Å². The van der Waals surface area contributed by atoms with Crippen LogP contribution in [0.3, 0.4) is 0 Å². The number of fused-ring (bicyclic) bond motifs is 1. The molecule has 1 spiro atoms. The zero-order chi connectivity index (χ0) is 19.5. The number of Topliss-reactive ketones (excluding diaryl/α,β-unsaturated/α-hetero) is 1. The molecule has 4 nitrogen and oxygen atoms in total. The first-order valence-electron chi connectivity index (χ1n) is 9.79. The lowest BCUT2D eigenvalue weighted by molar-refractivity contribution is -0.158. The first-order valence-corrected chi connectivity index (χ1v) is 10.4. The Morgan fingerprint density at radius 1 is 1.46 bits per heavy atom. The van der Waals surface area contributed by atoms with E-state index in [1.165, 1.54) is 0 Å². The SMILES string of the molecule is C=CC1CC(OC(=O)CS)C(C)(C)[C@@H]2C3(CC)C(=O)CCC23[C@@H](C)C1O. The average molecular weight is 381 g/mol.